The van der Waals surface area contributed by atoms with Gasteiger partial charge in [-0.05, 0) is 63.0 Å². The highest BCUT2D eigenvalue weighted by molar-refractivity contribution is 7.99. The molecular weight excluding hydrogens is 370 g/mol. The molecule has 1 aromatic carbocycles. The number of hydrogen-bond donors (Lipinski definition) is 2. The first-order chi connectivity index (χ1) is 13.7. The molecule has 5 nitrogen and oxygen atoms in total. The van der Waals surface area contributed by atoms with E-state index in [1.807, 2.05) is 25.7 Å². The van der Waals surface area contributed by atoms with Gasteiger partial charge in [-0.15, -0.1) is 0 Å². The van der Waals surface area contributed by atoms with E-state index in [1.165, 1.54) is 24.8 Å². The highest BCUT2D eigenvalue weighted by Gasteiger charge is 2.35. The summed E-state index contributed by atoms with van der Waals surface area (Å²) in [6.45, 7) is 5.18. The maximum Gasteiger partial charge on any atom is 0.191 e. The van der Waals surface area contributed by atoms with Gasteiger partial charge in [0.2, 0.25) is 0 Å². The van der Waals surface area contributed by atoms with Crippen LogP contribution in [0.4, 0.5) is 0 Å². The zero-order valence-corrected chi connectivity index (χ0v) is 18.3. The number of hydrogen-bond acceptors (Lipinski definition) is 4. The van der Waals surface area contributed by atoms with E-state index in [0.717, 1.165) is 49.6 Å². The van der Waals surface area contributed by atoms with E-state index < -0.39 is 0 Å². The van der Waals surface area contributed by atoms with Crippen LogP contribution in [0.15, 0.2) is 29.3 Å². The molecule has 0 aromatic heterocycles. The van der Waals surface area contributed by atoms with Crippen LogP contribution >= 0.6 is 11.8 Å². The van der Waals surface area contributed by atoms with Crippen LogP contribution in [-0.2, 0) is 10.2 Å². The van der Waals surface area contributed by atoms with Gasteiger partial charge >= 0.3 is 0 Å². The fourth-order valence-electron chi connectivity index (χ4n) is 4.33. The average Bonchev–Trinajstić information content (AvgIpc) is 3.20. The lowest BCUT2D eigenvalue weighted by atomic mass is 9.74. The van der Waals surface area contributed by atoms with Crippen molar-refractivity contribution in [3.05, 3.63) is 29.8 Å². The second kappa shape index (κ2) is 10.4. The van der Waals surface area contributed by atoms with Crippen molar-refractivity contribution in [2.75, 3.05) is 39.7 Å². The van der Waals surface area contributed by atoms with Crippen molar-refractivity contribution in [3.63, 3.8) is 0 Å². The first-order valence-electron chi connectivity index (χ1n) is 10.5. The number of ether oxygens (including phenoxy) is 2. The molecule has 1 heterocycles. The molecule has 0 bridgehead atoms. The molecule has 3 rings (SSSR count). The maximum atomic E-state index is 5.67. The van der Waals surface area contributed by atoms with Crippen molar-refractivity contribution in [3.8, 4) is 5.75 Å². The standard InChI is InChI=1S/C22H35N3O2S/c1-4-27-19-8-5-17(6-9-19)22(11-13-26-14-12-22)16-24-21(23-2)25-18-7-10-20(15-18)28-3/h5-6,8-9,18,20H,4,7,10-16H2,1-3H3,(H2,23,24,25). The number of rotatable bonds is 7. The summed E-state index contributed by atoms with van der Waals surface area (Å²) in [6.07, 6.45) is 7.99. The number of nitrogens with zero attached hydrogens (tertiary/aromatic N) is 1. The summed E-state index contributed by atoms with van der Waals surface area (Å²) in [5.41, 5.74) is 1.42. The SMILES string of the molecule is CCOc1ccc(C2(CNC(=NC)NC3CCC(SC)C3)CCOCC2)cc1. The molecule has 1 saturated heterocycles. The Morgan fingerprint density at radius 3 is 2.61 bits per heavy atom. The van der Waals surface area contributed by atoms with Crippen LogP contribution in [0.2, 0.25) is 0 Å². The summed E-state index contributed by atoms with van der Waals surface area (Å²) in [4.78, 5) is 4.49. The zero-order chi connectivity index (χ0) is 19.8. The van der Waals surface area contributed by atoms with Crippen LogP contribution in [0.5, 0.6) is 5.75 Å². The molecule has 1 saturated carbocycles. The summed E-state index contributed by atoms with van der Waals surface area (Å²) in [5.74, 6) is 1.85. The summed E-state index contributed by atoms with van der Waals surface area (Å²) < 4.78 is 11.3. The predicted molar refractivity (Wildman–Crippen MR) is 119 cm³/mol. The van der Waals surface area contributed by atoms with Gasteiger partial charge in [0.1, 0.15) is 5.75 Å². The van der Waals surface area contributed by atoms with E-state index in [9.17, 15) is 0 Å². The molecule has 0 radical (unpaired) electrons. The Kier molecular flexibility index (Phi) is 7.91. The first kappa shape index (κ1) is 21.3. The van der Waals surface area contributed by atoms with Crippen LogP contribution in [0.25, 0.3) is 0 Å². The number of nitrogens with one attached hydrogen (secondary N) is 2. The van der Waals surface area contributed by atoms with E-state index in [1.54, 1.807) is 0 Å². The number of guanidine groups is 1. The summed E-state index contributed by atoms with van der Waals surface area (Å²) >= 11 is 1.98. The van der Waals surface area contributed by atoms with Gasteiger partial charge < -0.3 is 20.1 Å². The molecule has 0 amide bonds. The predicted octanol–water partition coefficient (Wildman–Crippen LogP) is 3.58. The molecule has 2 unspecified atom stereocenters. The van der Waals surface area contributed by atoms with Crippen molar-refractivity contribution in [2.24, 2.45) is 4.99 Å². The van der Waals surface area contributed by atoms with Crippen molar-refractivity contribution < 1.29 is 9.47 Å². The highest BCUT2D eigenvalue weighted by atomic mass is 32.2. The lowest BCUT2D eigenvalue weighted by Gasteiger charge is -2.38. The van der Waals surface area contributed by atoms with Crippen LogP contribution in [0.1, 0.15) is 44.6 Å². The quantitative estimate of drug-likeness (QED) is 0.536. The third-order valence-corrected chi connectivity index (χ3v) is 7.20. The molecule has 2 fully saturated rings. The molecule has 0 spiro atoms. The Morgan fingerprint density at radius 1 is 1.25 bits per heavy atom. The van der Waals surface area contributed by atoms with E-state index in [2.05, 4.69) is 46.1 Å². The van der Waals surface area contributed by atoms with Crippen molar-refractivity contribution in [1.82, 2.24) is 10.6 Å². The summed E-state index contributed by atoms with van der Waals surface area (Å²) in [5, 5.41) is 8.04. The minimum Gasteiger partial charge on any atom is -0.494 e. The second-order valence-electron chi connectivity index (χ2n) is 7.79. The third kappa shape index (κ3) is 5.35. The second-order valence-corrected chi connectivity index (χ2v) is 8.93. The van der Waals surface area contributed by atoms with E-state index >= 15 is 0 Å². The first-order valence-corrected chi connectivity index (χ1v) is 11.8. The smallest absolute Gasteiger partial charge is 0.191 e. The van der Waals surface area contributed by atoms with Gasteiger partial charge in [-0.2, -0.15) is 11.8 Å². The van der Waals surface area contributed by atoms with E-state index in [-0.39, 0.29) is 5.41 Å². The van der Waals surface area contributed by atoms with Crippen LogP contribution in [0, 0.1) is 0 Å². The van der Waals surface area contributed by atoms with Crippen molar-refractivity contribution in [1.29, 1.82) is 0 Å². The lowest BCUT2D eigenvalue weighted by Crippen LogP contribution is -2.49. The normalized spacial score (nSPS) is 24.8. The fourth-order valence-corrected chi connectivity index (χ4v) is 5.12. The van der Waals surface area contributed by atoms with Gasteiger partial charge in [-0.3, -0.25) is 4.99 Å². The van der Waals surface area contributed by atoms with Gasteiger partial charge in [0.25, 0.3) is 0 Å². The topological polar surface area (TPSA) is 54.9 Å². The Labute approximate surface area is 174 Å². The van der Waals surface area contributed by atoms with Gasteiger partial charge in [0.15, 0.2) is 5.96 Å². The fraction of sp³-hybridized carbons (Fsp3) is 0.682. The molecule has 1 aliphatic carbocycles. The monoisotopic (exact) mass is 405 g/mol. The zero-order valence-electron chi connectivity index (χ0n) is 17.5. The van der Waals surface area contributed by atoms with Gasteiger partial charge in [0.05, 0.1) is 6.61 Å². The Balaban J connectivity index is 1.64. The van der Waals surface area contributed by atoms with E-state index in [0.29, 0.717) is 12.6 Å². The molecule has 28 heavy (non-hydrogen) atoms. The Hall–Kier alpha value is -1.40. The van der Waals surface area contributed by atoms with Gasteiger partial charge in [-0.25, -0.2) is 0 Å². The van der Waals surface area contributed by atoms with Crippen LogP contribution in [0.3, 0.4) is 0 Å². The molecule has 2 aliphatic rings. The third-order valence-electron chi connectivity index (χ3n) is 6.10. The number of benzene rings is 1. The number of thioether (sulfide) groups is 1. The molecule has 1 aromatic rings. The Morgan fingerprint density at radius 2 is 2.00 bits per heavy atom. The summed E-state index contributed by atoms with van der Waals surface area (Å²) in [7, 11) is 1.86. The molecule has 156 valence electrons. The van der Waals surface area contributed by atoms with Crippen molar-refractivity contribution >= 4 is 17.7 Å². The molecule has 1 aliphatic heterocycles. The van der Waals surface area contributed by atoms with Crippen molar-refractivity contribution in [2.45, 2.75) is 55.7 Å². The van der Waals surface area contributed by atoms with Gasteiger partial charge in [-0.1, -0.05) is 12.1 Å². The van der Waals surface area contributed by atoms with Crippen LogP contribution < -0.4 is 15.4 Å². The van der Waals surface area contributed by atoms with Crippen LogP contribution in [-0.4, -0.2) is 56.9 Å². The maximum absolute atomic E-state index is 5.67. The minimum atomic E-state index is 0.0676. The van der Waals surface area contributed by atoms with Gasteiger partial charge in [0, 0.05) is 43.5 Å². The van der Waals surface area contributed by atoms with E-state index in [4.69, 9.17) is 9.47 Å². The highest BCUT2D eigenvalue weighted by Crippen LogP contribution is 2.35. The molecule has 6 heteroatoms. The Bertz CT molecular complexity index is 629. The lowest BCUT2D eigenvalue weighted by molar-refractivity contribution is 0.0513. The number of aliphatic imine (C=N–C) groups is 1. The average molecular weight is 406 g/mol. The minimum absolute atomic E-state index is 0.0676. The summed E-state index contributed by atoms with van der Waals surface area (Å²) in [6, 6.07) is 9.14. The largest absolute Gasteiger partial charge is 0.494 e. The molecular formula is C22H35N3O2S. The molecule has 2 N–H and O–H groups in total. The molecule has 2 atom stereocenters.